The minimum Gasteiger partial charge on any atom is -0.331 e. The molecule has 2 aromatic carbocycles. The van der Waals surface area contributed by atoms with Gasteiger partial charge in [0.15, 0.2) is 0 Å². The quantitative estimate of drug-likeness (QED) is 0.723. The van der Waals surface area contributed by atoms with Crippen LogP contribution in [0.25, 0.3) is 0 Å². The van der Waals surface area contributed by atoms with Gasteiger partial charge in [0, 0.05) is 11.3 Å². The van der Waals surface area contributed by atoms with E-state index < -0.39 is 0 Å². The maximum absolute atomic E-state index is 12.9. The van der Waals surface area contributed by atoms with E-state index in [2.05, 4.69) is 36.5 Å². The monoisotopic (exact) mass is 416 g/mol. The van der Waals surface area contributed by atoms with Gasteiger partial charge in [-0.2, -0.15) is 0 Å². The molecule has 0 atom stereocenters. The molecule has 1 saturated heterocycles. The molecule has 3 rings (SSSR count). The number of hydrogen-bond donors (Lipinski definition) is 2. The molecule has 5 nitrogen and oxygen atoms in total. The Morgan fingerprint density at radius 2 is 1.76 bits per heavy atom. The molecule has 0 aliphatic carbocycles. The lowest BCUT2D eigenvalue weighted by molar-refractivity contribution is -0.917. The fourth-order valence-electron chi connectivity index (χ4n) is 3.38. The number of amides is 2. The van der Waals surface area contributed by atoms with Crippen LogP contribution in [0.3, 0.4) is 0 Å². The van der Waals surface area contributed by atoms with Gasteiger partial charge in [-0.15, -0.1) is 11.8 Å². The Hall–Kier alpha value is -2.38. The molecule has 2 aromatic rings. The average Bonchev–Trinajstić information content (AvgIpc) is 2.72. The topological polar surface area (TPSA) is 53.9 Å². The van der Waals surface area contributed by atoms with E-state index in [0.29, 0.717) is 11.4 Å². The van der Waals surface area contributed by atoms with Crippen molar-refractivity contribution in [3.05, 3.63) is 65.5 Å². The van der Waals surface area contributed by atoms with E-state index >= 15 is 0 Å². The van der Waals surface area contributed by atoms with Gasteiger partial charge >= 0.3 is 0 Å². The number of halogens is 1. The van der Waals surface area contributed by atoms with Crippen molar-refractivity contribution >= 4 is 29.3 Å². The Kier molecular flexibility index (Phi) is 7.66. The second-order valence-corrected chi connectivity index (χ2v) is 8.27. The van der Waals surface area contributed by atoms with Crippen LogP contribution in [0.4, 0.5) is 10.1 Å². The number of carbonyl (C=O) groups excluding carboxylic acids is 2. The third-order valence-corrected chi connectivity index (χ3v) is 6.03. The van der Waals surface area contributed by atoms with Crippen molar-refractivity contribution in [3.63, 3.8) is 0 Å². The van der Waals surface area contributed by atoms with Gasteiger partial charge in [0.2, 0.25) is 11.8 Å². The first kappa shape index (κ1) is 21.3. The van der Waals surface area contributed by atoms with Gasteiger partial charge in [-0.3, -0.25) is 9.59 Å². The normalized spacial score (nSPS) is 14.6. The van der Waals surface area contributed by atoms with Crippen molar-refractivity contribution in [2.24, 2.45) is 0 Å². The SMILES string of the molecule is Cc1ccccc1C[NH+]1CCN(C(=O)CSCC(=O)Nc2ccc(F)cc2)CC1. The van der Waals surface area contributed by atoms with E-state index in [4.69, 9.17) is 0 Å². The summed E-state index contributed by atoms with van der Waals surface area (Å²) in [6.07, 6.45) is 0. The lowest BCUT2D eigenvalue weighted by Gasteiger charge is -2.32. The van der Waals surface area contributed by atoms with Gasteiger partial charge in [0.25, 0.3) is 0 Å². The van der Waals surface area contributed by atoms with Crippen LogP contribution in [0, 0.1) is 12.7 Å². The predicted octanol–water partition coefficient (Wildman–Crippen LogP) is 1.73. The molecule has 1 aliphatic rings. The molecule has 2 N–H and O–H groups in total. The molecule has 0 saturated carbocycles. The second kappa shape index (κ2) is 10.4. The maximum Gasteiger partial charge on any atom is 0.234 e. The van der Waals surface area contributed by atoms with Gasteiger partial charge < -0.3 is 15.1 Å². The zero-order valence-electron chi connectivity index (χ0n) is 16.6. The molecule has 7 heteroatoms. The first-order chi connectivity index (χ1) is 14.0. The van der Waals surface area contributed by atoms with Crippen molar-refractivity contribution < 1.29 is 18.9 Å². The molecular weight excluding hydrogens is 389 g/mol. The molecule has 2 amide bonds. The smallest absolute Gasteiger partial charge is 0.234 e. The summed E-state index contributed by atoms with van der Waals surface area (Å²) in [5.74, 6) is 0.0382. The highest BCUT2D eigenvalue weighted by atomic mass is 32.2. The van der Waals surface area contributed by atoms with Crippen LogP contribution in [-0.2, 0) is 16.1 Å². The van der Waals surface area contributed by atoms with Gasteiger partial charge in [0.1, 0.15) is 12.4 Å². The predicted molar refractivity (Wildman–Crippen MR) is 115 cm³/mol. The van der Waals surface area contributed by atoms with E-state index in [1.807, 2.05) is 4.90 Å². The number of thioether (sulfide) groups is 1. The molecule has 1 fully saturated rings. The van der Waals surface area contributed by atoms with Crippen molar-refractivity contribution in [2.75, 3.05) is 43.0 Å². The van der Waals surface area contributed by atoms with Crippen molar-refractivity contribution in [3.8, 4) is 0 Å². The molecule has 1 heterocycles. The summed E-state index contributed by atoms with van der Waals surface area (Å²) in [5, 5.41) is 2.70. The number of hydrogen-bond acceptors (Lipinski definition) is 3. The van der Waals surface area contributed by atoms with E-state index in [0.717, 1.165) is 32.7 Å². The maximum atomic E-state index is 12.9. The Labute approximate surface area is 175 Å². The number of benzene rings is 2. The van der Waals surface area contributed by atoms with Crippen LogP contribution in [0.1, 0.15) is 11.1 Å². The molecule has 154 valence electrons. The van der Waals surface area contributed by atoms with Crippen LogP contribution in [0.15, 0.2) is 48.5 Å². The molecular formula is C22H27FN3O2S+. The van der Waals surface area contributed by atoms with E-state index in [1.165, 1.54) is 52.1 Å². The van der Waals surface area contributed by atoms with Crippen molar-refractivity contribution in [1.82, 2.24) is 4.90 Å². The van der Waals surface area contributed by atoms with E-state index in [1.54, 1.807) is 0 Å². The van der Waals surface area contributed by atoms with Gasteiger partial charge in [-0.25, -0.2) is 4.39 Å². The molecule has 0 aromatic heterocycles. The molecule has 0 bridgehead atoms. The standard InChI is InChI=1S/C22H26FN3O2S/c1-17-4-2-3-5-18(17)14-25-10-12-26(13-11-25)22(28)16-29-15-21(27)24-20-8-6-19(23)7-9-20/h2-9H,10-16H2,1H3,(H,24,27)/p+1. The van der Waals surface area contributed by atoms with Crippen LogP contribution in [0.5, 0.6) is 0 Å². The average molecular weight is 417 g/mol. The molecule has 1 aliphatic heterocycles. The first-order valence-corrected chi connectivity index (χ1v) is 11.0. The Bertz CT molecular complexity index is 836. The second-order valence-electron chi connectivity index (χ2n) is 7.28. The summed E-state index contributed by atoms with van der Waals surface area (Å²) in [6.45, 7) is 6.52. The van der Waals surface area contributed by atoms with Gasteiger partial charge in [-0.1, -0.05) is 24.3 Å². The van der Waals surface area contributed by atoms with E-state index in [-0.39, 0.29) is 23.4 Å². The number of anilines is 1. The number of aryl methyl sites for hydroxylation is 1. The number of rotatable bonds is 7. The van der Waals surface area contributed by atoms with Gasteiger partial charge in [-0.05, 0) is 36.8 Å². The summed E-state index contributed by atoms with van der Waals surface area (Å²) in [7, 11) is 0. The number of piperazine rings is 1. The zero-order valence-corrected chi connectivity index (χ0v) is 17.4. The first-order valence-electron chi connectivity index (χ1n) is 9.80. The summed E-state index contributed by atoms with van der Waals surface area (Å²) in [6, 6.07) is 14.1. The Morgan fingerprint density at radius 1 is 1.07 bits per heavy atom. The third kappa shape index (κ3) is 6.58. The summed E-state index contributed by atoms with van der Waals surface area (Å²) in [4.78, 5) is 27.8. The number of carbonyl (C=O) groups is 2. The highest BCUT2D eigenvalue weighted by molar-refractivity contribution is 8.00. The lowest BCUT2D eigenvalue weighted by atomic mass is 10.1. The summed E-state index contributed by atoms with van der Waals surface area (Å²) in [5.41, 5.74) is 3.23. The summed E-state index contributed by atoms with van der Waals surface area (Å²) < 4.78 is 12.9. The zero-order chi connectivity index (χ0) is 20.6. The van der Waals surface area contributed by atoms with Crippen molar-refractivity contribution in [1.29, 1.82) is 0 Å². The van der Waals surface area contributed by atoms with Crippen LogP contribution in [-0.4, -0.2) is 54.4 Å². The van der Waals surface area contributed by atoms with E-state index in [9.17, 15) is 14.0 Å². The third-order valence-electron chi connectivity index (χ3n) is 5.11. The minimum absolute atomic E-state index is 0.0829. The Balaban J connectivity index is 1.35. The van der Waals surface area contributed by atoms with Crippen LogP contribution in [0.2, 0.25) is 0 Å². The largest absolute Gasteiger partial charge is 0.331 e. The number of nitrogens with zero attached hydrogens (tertiary/aromatic N) is 1. The summed E-state index contributed by atoms with van der Waals surface area (Å²) >= 11 is 1.31. The van der Waals surface area contributed by atoms with Crippen LogP contribution >= 0.6 is 11.8 Å². The molecule has 29 heavy (non-hydrogen) atoms. The fourth-order valence-corrected chi connectivity index (χ4v) is 4.10. The Morgan fingerprint density at radius 3 is 2.45 bits per heavy atom. The molecule has 0 unspecified atom stereocenters. The molecule has 0 spiro atoms. The minimum atomic E-state index is -0.344. The number of quaternary nitrogens is 1. The van der Waals surface area contributed by atoms with Crippen LogP contribution < -0.4 is 10.2 Å². The van der Waals surface area contributed by atoms with Crippen molar-refractivity contribution in [2.45, 2.75) is 13.5 Å². The highest BCUT2D eigenvalue weighted by Crippen LogP contribution is 2.10. The number of nitrogens with one attached hydrogen (secondary N) is 2. The lowest BCUT2D eigenvalue weighted by Crippen LogP contribution is -3.13. The fraction of sp³-hybridized carbons (Fsp3) is 0.364. The van der Waals surface area contributed by atoms with Gasteiger partial charge in [0.05, 0.1) is 37.7 Å². The molecule has 0 radical (unpaired) electrons. The highest BCUT2D eigenvalue weighted by Gasteiger charge is 2.24.